The van der Waals surface area contributed by atoms with Crippen LogP contribution in [0.15, 0.2) is 21.8 Å². The summed E-state index contributed by atoms with van der Waals surface area (Å²) in [5.41, 5.74) is 0. The Morgan fingerprint density at radius 3 is 3.19 bits per heavy atom. The van der Waals surface area contributed by atoms with Crippen LogP contribution in [0.5, 0.6) is 0 Å². The van der Waals surface area contributed by atoms with Crippen LogP contribution in [0.1, 0.15) is 26.0 Å². The van der Waals surface area contributed by atoms with Crippen molar-refractivity contribution in [3.05, 3.63) is 18.0 Å². The summed E-state index contributed by atoms with van der Waals surface area (Å²) in [6, 6.07) is 1.86. The first-order valence-corrected chi connectivity index (χ1v) is 6.46. The maximum Gasteiger partial charge on any atom is 0.157 e. The Kier molecular flexibility index (Phi) is 3.88. The highest BCUT2D eigenvalue weighted by Gasteiger charge is 2.20. The molecule has 0 bridgehead atoms. The molecule has 4 nitrogen and oxygen atoms in total. The number of thioether (sulfide) groups is 1. The van der Waals surface area contributed by atoms with Crippen molar-refractivity contribution >= 4 is 16.9 Å². The van der Waals surface area contributed by atoms with E-state index < -0.39 is 0 Å². The van der Waals surface area contributed by atoms with Crippen LogP contribution in [0, 0.1) is 5.92 Å². The van der Waals surface area contributed by atoms with E-state index in [2.05, 4.69) is 29.3 Å². The number of hydrogen-bond donors (Lipinski definition) is 1. The summed E-state index contributed by atoms with van der Waals surface area (Å²) in [6.45, 7) is 6.10. The van der Waals surface area contributed by atoms with Gasteiger partial charge in [-0.05, 0) is 12.3 Å². The van der Waals surface area contributed by atoms with Gasteiger partial charge in [-0.25, -0.2) is 0 Å². The van der Waals surface area contributed by atoms with Crippen molar-refractivity contribution in [1.29, 1.82) is 0 Å². The topological polar surface area (TPSA) is 50.4 Å². The van der Waals surface area contributed by atoms with Gasteiger partial charge >= 0.3 is 0 Å². The number of aliphatic imine (C=N–C) groups is 1. The van der Waals surface area contributed by atoms with Crippen molar-refractivity contribution < 1.29 is 4.52 Å². The van der Waals surface area contributed by atoms with Crippen LogP contribution in [-0.2, 0) is 6.54 Å². The van der Waals surface area contributed by atoms with Gasteiger partial charge in [-0.2, -0.15) is 0 Å². The standard InChI is InChI=1S/C11H17N3OS/c1-8(2)5-10-7-13-11(16-10)12-6-9-3-4-14-15-9/h3-4,8,10H,5-7H2,1-2H3,(H,12,13). The monoisotopic (exact) mass is 239 g/mol. The third kappa shape index (κ3) is 3.27. The molecule has 5 heteroatoms. The van der Waals surface area contributed by atoms with Crippen LogP contribution < -0.4 is 5.32 Å². The first-order valence-electron chi connectivity index (χ1n) is 5.58. The number of hydrogen-bond acceptors (Lipinski definition) is 5. The van der Waals surface area contributed by atoms with E-state index in [1.807, 2.05) is 17.8 Å². The summed E-state index contributed by atoms with van der Waals surface area (Å²) in [7, 11) is 0. The molecule has 0 saturated carbocycles. The van der Waals surface area contributed by atoms with Crippen LogP contribution in [0.4, 0.5) is 0 Å². The zero-order valence-corrected chi connectivity index (χ0v) is 10.5. The Labute approximate surface area is 99.9 Å². The molecule has 0 aromatic carbocycles. The fraction of sp³-hybridized carbons (Fsp3) is 0.636. The van der Waals surface area contributed by atoms with E-state index in [1.165, 1.54) is 6.42 Å². The van der Waals surface area contributed by atoms with Gasteiger partial charge in [0.25, 0.3) is 0 Å². The lowest BCUT2D eigenvalue weighted by atomic mass is 10.1. The molecule has 1 aromatic rings. The summed E-state index contributed by atoms with van der Waals surface area (Å²) in [5, 5.41) is 8.59. The second-order valence-corrected chi connectivity index (χ2v) is 5.64. The zero-order valence-electron chi connectivity index (χ0n) is 9.64. The van der Waals surface area contributed by atoms with Crippen LogP contribution in [0.2, 0.25) is 0 Å². The Morgan fingerprint density at radius 2 is 2.50 bits per heavy atom. The molecule has 0 aliphatic carbocycles. The second kappa shape index (κ2) is 5.39. The van der Waals surface area contributed by atoms with Gasteiger partial charge in [0, 0.05) is 11.3 Å². The van der Waals surface area contributed by atoms with Gasteiger partial charge in [-0.1, -0.05) is 30.8 Å². The molecule has 0 fully saturated rings. The van der Waals surface area contributed by atoms with Crippen LogP contribution in [0.25, 0.3) is 0 Å². The molecule has 1 atom stereocenters. The molecule has 1 N–H and O–H groups in total. The smallest absolute Gasteiger partial charge is 0.157 e. The second-order valence-electron chi connectivity index (χ2n) is 4.35. The van der Waals surface area contributed by atoms with Crippen molar-refractivity contribution in [3.8, 4) is 0 Å². The normalized spacial score (nSPS) is 20.2. The van der Waals surface area contributed by atoms with Crippen molar-refractivity contribution in [2.75, 3.05) is 6.54 Å². The Morgan fingerprint density at radius 1 is 1.62 bits per heavy atom. The van der Waals surface area contributed by atoms with E-state index in [0.29, 0.717) is 11.8 Å². The first-order chi connectivity index (χ1) is 7.74. The van der Waals surface area contributed by atoms with Crippen molar-refractivity contribution in [1.82, 2.24) is 10.5 Å². The zero-order chi connectivity index (χ0) is 11.4. The maximum atomic E-state index is 5.01. The molecular weight excluding hydrogens is 222 g/mol. The predicted molar refractivity (Wildman–Crippen MR) is 66.5 cm³/mol. The molecule has 2 rings (SSSR count). The van der Waals surface area contributed by atoms with Crippen LogP contribution in [0.3, 0.4) is 0 Å². The number of amidine groups is 1. The van der Waals surface area contributed by atoms with Crippen LogP contribution >= 0.6 is 11.8 Å². The Balaban J connectivity index is 1.72. The van der Waals surface area contributed by atoms with Gasteiger partial charge in [0.1, 0.15) is 0 Å². The van der Waals surface area contributed by atoms with Crippen molar-refractivity contribution in [3.63, 3.8) is 0 Å². The minimum Gasteiger partial charge on any atom is -0.360 e. The van der Waals surface area contributed by atoms with E-state index in [1.54, 1.807) is 6.20 Å². The predicted octanol–water partition coefficient (Wildman–Crippen LogP) is 2.28. The highest BCUT2D eigenvalue weighted by Crippen LogP contribution is 2.25. The lowest BCUT2D eigenvalue weighted by Gasteiger charge is -2.10. The number of nitrogens with zero attached hydrogens (tertiary/aromatic N) is 2. The SMILES string of the molecule is CC(C)CC1CN=C(NCc2ccno2)S1. The highest BCUT2D eigenvalue weighted by atomic mass is 32.2. The molecule has 1 aliphatic rings. The van der Waals surface area contributed by atoms with Crippen LogP contribution in [-0.4, -0.2) is 22.1 Å². The minimum atomic E-state index is 0.636. The largest absolute Gasteiger partial charge is 0.360 e. The summed E-state index contributed by atoms with van der Waals surface area (Å²) in [4.78, 5) is 4.48. The Bertz CT molecular complexity index is 348. The summed E-state index contributed by atoms with van der Waals surface area (Å²) < 4.78 is 5.01. The lowest BCUT2D eigenvalue weighted by molar-refractivity contribution is 0.381. The first kappa shape index (κ1) is 11.5. The fourth-order valence-electron chi connectivity index (χ4n) is 1.66. The fourth-order valence-corrected chi connectivity index (χ4v) is 2.91. The maximum absolute atomic E-state index is 5.01. The molecule has 16 heavy (non-hydrogen) atoms. The molecule has 88 valence electrons. The Hall–Kier alpha value is -0.970. The van der Waals surface area contributed by atoms with Crippen molar-refractivity contribution in [2.45, 2.75) is 32.1 Å². The van der Waals surface area contributed by atoms with E-state index in [0.717, 1.165) is 23.4 Å². The average molecular weight is 239 g/mol. The molecule has 1 aliphatic heterocycles. The molecule has 0 saturated heterocycles. The minimum absolute atomic E-state index is 0.636. The lowest BCUT2D eigenvalue weighted by Crippen LogP contribution is -2.18. The third-order valence-electron chi connectivity index (χ3n) is 2.36. The van der Waals surface area contributed by atoms with E-state index in [-0.39, 0.29) is 0 Å². The van der Waals surface area contributed by atoms with Gasteiger partial charge in [-0.15, -0.1) is 0 Å². The summed E-state index contributed by atoms with van der Waals surface area (Å²) >= 11 is 1.84. The van der Waals surface area contributed by atoms with Gasteiger partial charge in [0.15, 0.2) is 10.9 Å². The summed E-state index contributed by atoms with van der Waals surface area (Å²) in [5.74, 6) is 1.58. The van der Waals surface area contributed by atoms with Gasteiger partial charge in [-0.3, -0.25) is 4.99 Å². The van der Waals surface area contributed by atoms with Gasteiger partial charge in [0.2, 0.25) is 0 Å². The number of rotatable bonds is 4. The van der Waals surface area contributed by atoms with E-state index >= 15 is 0 Å². The number of aromatic nitrogens is 1. The van der Waals surface area contributed by atoms with Crippen molar-refractivity contribution in [2.24, 2.45) is 10.9 Å². The van der Waals surface area contributed by atoms with Gasteiger partial charge < -0.3 is 9.84 Å². The molecule has 1 unspecified atom stereocenters. The third-order valence-corrected chi connectivity index (χ3v) is 3.53. The highest BCUT2D eigenvalue weighted by molar-refractivity contribution is 8.14. The molecular formula is C11H17N3OS. The molecule has 1 aromatic heterocycles. The average Bonchev–Trinajstić information content (AvgIpc) is 2.84. The molecule has 0 amide bonds. The molecule has 2 heterocycles. The van der Waals surface area contributed by atoms with Gasteiger partial charge in [0.05, 0.1) is 19.3 Å². The molecule has 0 spiro atoms. The van der Waals surface area contributed by atoms with E-state index in [4.69, 9.17) is 4.52 Å². The quantitative estimate of drug-likeness (QED) is 0.875. The van der Waals surface area contributed by atoms with E-state index in [9.17, 15) is 0 Å². The molecule has 0 radical (unpaired) electrons. The number of nitrogens with one attached hydrogen (secondary N) is 1. The summed E-state index contributed by atoms with van der Waals surface area (Å²) in [6.07, 6.45) is 2.88.